The first kappa shape index (κ1) is 6.27. The fourth-order valence-electron chi connectivity index (χ4n) is 0.866. The van der Waals surface area contributed by atoms with Crippen LogP contribution in [0.5, 0.6) is 0 Å². The van der Waals surface area contributed by atoms with Crippen LogP contribution in [0.15, 0.2) is 24.3 Å². The zero-order valence-electron chi connectivity index (χ0n) is 5.34. The van der Waals surface area contributed by atoms with E-state index in [1.165, 1.54) is 12.8 Å². The van der Waals surface area contributed by atoms with E-state index in [0.29, 0.717) is 5.92 Å². The van der Waals surface area contributed by atoms with Crippen molar-refractivity contribution < 1.29 is 4.79 Å². The quantitative estimate of drug-likeness (QED) is 0.316. The van der Waals surface area contributed by atoms with Crippen molar-refractivity contribution >= 4 is 6.29 Å². The number of hydrogen-bond acceptors (Lipinski definition) is 1. The van der Waals surface area contributed by atoms with Crippen molar-refractivity contribution in [1.29, 1.82) is 0 Å². The molecule has 0 heterocycles. The molecule has 0 N–H and O–H groups in total. The molecule has 0 amide bonds. The maximum atomic E-state index is 9.98. The minimum Gasteiger partial charge on any atom is -0.299 e. The molecule has 0 unspecified atom stereocenters. The summed E-state index contributed by atoms with van der Waals surface area (Å²) in [6, 6.07) is 0. The van der Waals surface area contributed by atoms with Gasteiger partial charge in [-0.3, -0.25) is 4.79 Å². The Hall–Kier alpha value is -0.850. The van der Waals surface area contributed by atoms with Crippen LogP contribution in [-0.2, 0) is 4.79 Å². The van der Waals surface area contributed by atoms with Gasteiger partial charge in [0.2, 0.25) is 0 Å². The van der Waals surface area contributed by atoms with Gasteiger partial charge >= 0.3 is 0 Å². The average molecular weight is 122 g/mol. The Morgan fingerprint density at radius 1 is 1.56 bits per heavy atom. The van der Waals surface area contributed by atoms with Crippen LogP contribution in [-0.4, -0.2) is 6.29 Å². The summed E-state index contributed by atoms with van der Waals surface area (Å²) in [6.07, 6.45) is 6.66. The third-order valence-electron chi connectivity index (χ3n) is 1.54. The Balaban J connectivity index is 2.56. The summed E-state index contributed by atoms with van der Waals surface area (Å²) < 4.78 is 0. The standard InChI is InChI=1S/C8H10O/c1-2-7(5-6-9)8-3-4-8/h2,5-6,8H,1,3-4H2/b7-5+. The van der Waals surface area contributed by atoms with Crippen molar-refractivity contribution in [2.45, 2.75) is 12.8 Å². The molecule has 0 spiro atoms. The molecule has 1 heteroatoms. The topological polar surface area (TPSA) is 17.1 Å². The molecule has 0 aromatic heterocycles. The lowest BCUT2D eigenvalue weighted by molar-refractivity contribution is -0.104. The number of rotatable bonds is 3. The third-order valence-corrected chi connectivity index (χ3v) is 1.54. The second-order valence-corrected chi connectivity index (χ2v) is 2.28. The van der Waals surface area contributed by atoms with Crippen molar-refractivity contribution in [2.75, 3.05) is 0 Å². The summed E-state index contributed by atoms with van der Waals surface area (Å²) in [5.74, 6) is 0.646. The van der Waals surface area contributed by atoms with Crippen LogP contribution >= 0.6 is 0 Å². The van der Waals surface area contributed by atoms with Gasteiger partial charge in [-0.15, -0.1) is 0 Å². The number of allylic oxidation sites excluding steroid dienone is 3. The highest BCUT2D eigenvalue weighted by Gasteiger charge is 2.23. The summed E-state index contributed by atoms with van der Waals surface area (Å²) in [5, 5.41) is 0. The van der Waals surface area contributed by atoms with Gasteiger partial charge in [-0.2, -0.15) is 0 Å². The molecule has 0 bridgehead atoms. The molecular weight excluding hydrogens is 112 g/mol. The minimum absolute atomic E-state index is 0.646. The van der Waals surface area contributed by atoms with Gasteiger partial charge in [-0.25, -0.2) is 0 Å². The first-order chi connectivity index (χ1) is 4.38. The molecule has 9 heavy (non-hydrogen) atoms. The van der Waals surface area contributed by atoms with Crippen LogP contribution in [0.4, 0.5) is 0 Å². The average Bonchev–Trinajstić information content (AvgIpc) is 2.64. The smallest absolute Gasteiger partial charge is 0.143 e. The fraction of sp³-hybridized carbons (Fsp3) is 0.375. The van der Waals surface area contributed by atoms with Crippen molar-refractivity contribution in [3.8, 4) is 0 Å². The van der Waals surface area contributed by atoms with Crippen LogP contribution in [0.3, 0.4) is 0 Å². The molecule has 0 atom stereocenters. The number of hydrogen-bond donors (Lipinski definition) is 0. The molecule has 48 valence electrons. The predicted molar refractivity (Wildman–Crippen MR) is 37.1 cm³/mol. The van der Waals surface area contributed by atoms with E-state index in [9.17, 15) is 4.79 Å². The molecule has 0 aliphatic heterocycles. The summed E-state index contributed by atoms with van der Waals surface area (Å²) in [4.78, 5) is 9.98. The maximum absolute atomic E-state index is 9.98. The zero-order chi connectivity index (χ0) is 6.69. The fourth-order valence-corrected chi connectivity index (χ4v) is 0.866. The van der Waals surface area contributed by atoms with Gasteiger partial charge in [0.25, 0.3) is 0 Å². The SMILES string of the molecule is C=C/C(=C\C=O)C1CC1. The highest BCUT2D eigenvalue weighted by molar-refractivity contribution is 5.67. The van der Waals surface area contributed by atoms with Gasteiger partial charge in [0.15, 0.2) is 0 Å². The van der Waals surface area contributed by atoms with Gasteiger partial charge < -0.3 is 0 Å². The Labute approximate surface area is 55.1 Å². The molecule has 1 aliphatic carbocycles. The van der Waals surface area contributed by atoms with E-state index in [0.717, 1.165) is 11.9 Å². The molecule has 0 radical (unpaired) electrons. The summed E-state index contributed by atoms with van der Waals surface area (Å²) in [6.45, 7) is 3.61. The van der Waals surface area contributed by atoms with Gasteiger partial charge in [0.05, 0.1) is 0 Å². The van der Waals surface area contributed by atoms with Crippen LogP contribution in [0.1, 0.15) is 12.8 Å². The van der Waals surface area contributed by atoms with E-state index in [-0.39, 0.29) is 0 Å². The highest BCUT2D eigenvalue weighted by Crippen LogP contribution is 2.36. The normalized spacial score (nSPS) is 19.3. The summed E-state index contributed by atoms with van der Waals surface area (Å²) >= 11 is 0. The van der Waals surface area contributed by atoms with Crippen LogP contribution in [0.2, 0.25) is 0 Å². The molecule has 0 aromatic carbocycles. The molecular formula is C8H10O. The van der Waals surface area contributed by atoms with E-state index in [2.05, 4.69) is 6.58 Å². The lowest BCUT2D eigenvalue weighted by Gasteiger charge is -1.90. The van der Waals surface area contributed by atoms with E-state index in [1.54, 1.807) is 12.2 Å². The number of aldehydes is 1. The number of carbonyl (C=O) groups is 1. The summed E-state index contributed by atoms with van der Waals surface area (Å²) in [7, 11) is 0. The lowest BCUT2D eigenvalue weighted by Crippen LogP contribution is -1.79. The van der Waals surface area contributed by atoms with Crippen molar-refractivity contribution in [1.82, 2.24) is 0 Å². The monoisotopic (exact) mass is 122 g/mol. The second-order valence-electron chi connectivity index (χ2n) is 2.28. The Morgan fingerprint density at radius 3 is 2.56 bits per heavy atom. The van der Waals surface area contributed by atoms with Crippen molar-refractivity contribution in [3.63, 3.8) is 0 Å². The minimum atomic E-state index is 0.646. The molecule has 0 aromatic rings. The molecule has 1 fully saturated rings. The first-order valence-electron chi connectivity index (χ1n) is 3.16. The van der Waals surface area contributed by atoms with Gasteiger partial charge in [-0.05, 0) is 30.4 Å². The lowest BCUT2D eigenvalue weighted by atomic mass is 10.1. The van der Waals surface area contributed by atoms with Gasteiger partial charge in [-0.1, -0.05) is 12.7 Å². The molecule has 1 rings (SSSR count). The number of carbonyl (C=O) groups excluding carboxylic acids is 1. The summed E-state index contributed by atoms with van der Waals surface area (Å²) in [5.41, 5.74) is 1.10. The Morgan fingerprint density at radius 2 is 2.22 bits per heavy atom. The highest BCUT2D eigenvalue weighted by atomic mass is 16.1. The van der Waals surface area contributed by atoms with Crippen LogP contribution < -0.4 is 0 Å². The van der Waals surface area contributed by atoms with E-state index >= 15 is 0 Å². The molecule has 1 saturated carbocycles. The first-order valence-corrected chi connectivity index (χ1v) is 3.16. The molecule has 1 aliphatic rings. The molecule has 1 nitrogen and oxygen atoms in total. The van der Waals surface area contributed by atoms with Crippen LogP contribution in [0, 0.1) is 5.92 Å². The van der Waals surface area contributed by atoms with E-state index < -0.39 is 0 Å². The zero-order valence-corrected chi connectivity index (χ0v) is 5.34. The van der Waals surface area contributed by atoms with Crippen molar-refractivity contribution in [3.05, 3.63) is 24.3 Å². The predicted octanol–water partition coefficient (Wildman–Crippen LogP) is 1.71. The third kappa shape index (κ3) is 1.53. The second kappa shape index (κ2) is 2.62. The van der Waals surface area contributed by atoms with Crippen LogP contribution in [0.25, 0.3) is 0 Å². The van der Waals surface area contributed by atoms with E-state index in [4.69, 9.17) is 0 Å². The van der Waals surface area contributed by atoms with Gasteiger partial charge in [0, 0.05) is 0 Å². The maximum Gasteiger partial charge on any atom is 0.143 e. The molecule has 0 saturated heterocycles. The van der Waals surface area contributed by atoms with Crippen molar-refractivity contribution in [2.24, 2.45) is 5.92 Å². The Kier molecular flexibility index (Phi) is 1.83. The van der Waals surface area contributed by atoms with Gasteiger partial charge in [0.1, 0.15) is 6.29 Å². The van der Waals surface area contributed by atoms with E-state index in [1.807, 2.05) is 0 Å². The largest absolute Gasteiger partial charge is 0.299 e. The Bertz CT molecular complexity index is 152.